The number of ether oxygens (including phenoxy) is 4. The van der Waals surface area contributed by atoms with E-state index in [4.69, 9.17) is 18.9 Å². The van der Waals surface area contributed by atoms with Gasteiger partial charge in [-0.15, -0.1) is 0 Å². The van der Waals surface area contributed by atoms with Crippen molar-refractivity contribution in [3.05, 3.63) is 109 Å². The number of hydrogen-bond acceptors (Lipinski definition) is 9. The summed E-state index contributed by atoms with van der Waals surface area (Å²) in [5.41, 5.74) is 7.09. The molecule has 11 nitrogen and oxygen atoms in total. The maximum Gasteiger partial charge on any atom is 0.328 e. The summed E-state index contributed by atoms with van der Waals surface area (Å²) in [6.07, 6.45) is 0. The second-order valence-corrected chi connectivity index (χ2v) is 11.2. The number of pyridine rings is 4. The van der Waals surface area contributed by atoms with Gasteiger partial charge in [-0.2, -0.15) is 0 Å². The molecule has 4 aromatic heterocycles. The van der Waals surface area contributed by atoms with Crippen molar-refractivity contribution in [1.29, 1.82) is 0 Å². The van der Waals surface area contributed by atoms with Crippen molar-refractivity contribution in [1.82, 2.24) is 19.9 Å². The van der Waals surface area contributed by atoms with Crippen molar-refractivity contribution < 1.29 is 23.7 Å². The Hall–Kier alpha value is -6.49. The number of urea groups is 1. The number of aromatic nitrogens is 4. The first-order valence-electron chi connectivity index (χ1n) is 15.7. The zero-order chi connectivity index (χ0) is 35.2. The normalized spacial score (nSPS) is 10.7. The lowest BCUT2D eigenvalue weighted by atomic mass is 10.0. The summed E-state index contributed by atoms with van der Waals surface area (Å²) in [6.45, 7) is 0. The molecule has 0 fully saturated rings. The highest BCUT2D eigenvalue weighted by atomic mass is 16.5. The van der Waals surface area contributed by atoms with Gasteiger partial charge in [0.2, 0.25) is 23.5 Å². The van der Waals surface area contributed by atoms with Crippen molar-refractivity contribution in [2.45, 2.75) is 0 Å². The van der Waals surface area contributed by atoms with Crippen LogP contribution in [0.4, 0.5) is 16.2 Å². The number of carbonyl (C=O) groups is 1. The number of anilines is 2. The molecule has 50 heavy (non-hydrogen) atoms. The summed E-state index contributed by atoms with van der Waals surface area (Å²) in [6, 6.07) is 33.5. The molecule has 4 heterocycles. The van der Waals surface area contributed by atoms with Crippen LogP contribution in [0.25, 0.3) is 45.0 Å². The minimum atomic E-state index is -0.286. The number of hydrogen-bond donors (Lipinski definition) is 0. The summed E-state index contributed by atoms with van der Waals surface area (Å²) in [7, 11) is 9.77. The lowest BCUT2D eigenvalue weighted by Gasteiger charge is -2.27. The zero-order valence-electron chi connectivity index (χ0n) is 28.6. The fraction of sp³-hybridized carbons (Fsp3) is 0.154. The summed E-state index contributed by atoms with van der Waals surface area (Å²) >= 11 is 0. The van der Waals surface area contributed by atoms with Crippen LogP contribution in [0.15, 0.2) is 109 Å². The van der Waals surface area contributed by atoms with E-state index in [0.717, 1.165) is 22.3 Å². The van der Waals surface area contributed by atoms with Crippen molar-refractivity contribution >= 4 is 17.4 Å². The summed E-state index contributed by atoms with van der Waals surface area (Å²) < 4.78 is 21.6. The minimum absolute atomic E-state index is 0.286. The van der Waals surface area contributed by atoms with Gasteiger partial charge >= 0.3 is 6.03 Å². The summed E-state index contributed by atoms with van der Waals surface area (Å²) in [5.74, 6) is 1.91. The predicted octanol–water partition coefficient (Wildman–Crippen LogP) is 7.66. The first-order valence-corrected chi connectivity index (χ1v) is 15.7. The van der Waals surface area contributed by atoms with E-state index in [-0.39, 0.29) is 6.03 Å². The average molecular weight is 669 g/mol. The quantitative estimate of drug-likeness (QED) is 0.145. The van der Waals surface area contributed by atoms with Gasteiger partial charge in [-0.1, -0.05) is 24.3 Å². The van der Waals surface area contributed by atoms with E-state index in [0.29, 0.717) is 57.7 Å². The Labute approximate surface area is 290 Å². The molecule has 0 aliphatic rings. The minimum Gasteiger partial charge on any atom is -0.481 e. The molecule has 0 unspecified atom stereocenters. The molecular weight excluding hydrogens is 632 g/mol. The lowest BCUT2D eigenvalue weighted by molar-refractivity contribution is 0.253. The van der Waals surface area contributed by atoms with Gasteiger partial charge in [-0.3, -0.25) is 9.80 Å². The Bertz CT molecular complexity index is 1870. The Kier molecular flexibility index (Phi) is 9.85. The number of carbonyl (C=O) groups excluding carboxylic acids is 1. The molecule has 0 aliphatic carbocycles. The molecule has 0 radical (unpaired) electrons. The van der Waals surface area contributed by atoms with Crippen LogP contribution in [0, 0.1) is 0 Å². The van der Waals surface area contributed by atoms with Gasteiger partial charge in [0.1, 0.15) is 0 Å². The van der Waals surface area contributed by atoms with E-state index in [1.54, 1.807) is 76.6 Å². The summed E-state index contributed by atoms with van der Waals surface area (Å²) in [5, 5.41) is 0. The average Bonchev–Trinajstić information content (AvgIpc) is 3.19. The van der Waals surface area contributed by atoms with Crippen LogP contribution in [0.3, 0.4) is 0 Å². The van der Waals surface area contributed by atoms with Crippen LogP contribution in [0.2, 0.25) is 0 Å². The first-order chi connectivity index (χ1) is 24.3. The Balaban J connectivity index is 1.43. The molecule has 0 saturated carbocycles. The Morgan fingerprint density at radius 1 is 0.440 bits per heavy atom. The van der Waals surface area contributed by atoms with E-state index in [9.17, 15) is 4.79 Å². The molecule has 0 spiro atoms. The van der Waals surface area contributed by atoms with Crippen LogP contribution in [-0.2, 0) is 0 Å². The number of rotatable bonds is 10. The van der Waals surface area contributed by atoms with E-state index < -0.39 is 0 Å². The molecule has 2 amide bonds. The van der Waals surface area contributed by atoms with E-state index in [2.05, 4.69) is 19.9 Å². The maximum absolute atomic E-state index is 14.3. The van der Waals surface area contributed by atoms with E-state index in [1.165, 1.54) is 0 Å². The lowest BCUT2D eigenvalue weighted by Crippen LogP contribution is -2.39. The molecule has 0 aliphatic heterocycles. The second kappa shape index (κ2) is 14.7. The van der Waals surface area contributed by atoms with Crippen molar-refractivity contribution in [3.8, 4) is 68.5 Å². The first kappa shape index (κ1) is 33.4. The Morgan fingerprint density at radius 2 is 0.700 bits per heavy atom. The molecule has 0 N–H and O–H groups in total. The second-order valence-electron chi connectivity index (χ2n) is 11.2. The fourth-order valence-corrected chi connectivity index (χ4v) is 5.40. The third kappa shape index (κ3) is 7.16. The predicted molar refractivity (Wildman–Crippen MR) is 194 cm³/mol. The standard InChI is InChI=1S/C39H36N6O5/c1-44(29-21-25(31-11-7-15-35(40-31)47-3)19-26(22-29)32-12-8-16-36(41-32)48-4)39(46)45(2)30-23-27(33-13-9-17-37(42-33)49-5)20-28(24-30)34-14-10-18-38(43-34)50-6/h7-24H,1-6H3. The molecule has 6 aromatic rings. The molecule has 6 rings (SSSR count). The van der Waals surface area contributed by atoms with Crippen LogP contribution in [0.1, 0.15) is 0 Å². The fourth-order valence-electron chi connectivity index (χ4n) is 5.40. The van der Waals surface area contributed by atoms with Crippen molar-refractivity contribution in [3.63, 3.8) is 0 Å². The third-order valence-corrected chi connectivity index (χ3v) is 8.10. The largest absolute Gasteiger partial charge is 0.481 e. The third-order valence-electron chi connectivity index (χ3n) is 8.10. The summed E-state index contributed by atoms with van der Waals surface area (Å²) in [4.78, 5) is 36.1. The molecule has 0 saturated heterocycles. The van der Waals surface area contributed by atoms with Gasteiger partial charge in [0.15, 0.2) is 0 Å². The maximum atomic E-state index is 14.3. The van der Waals surface area contributed by atoms with E-state index >= 15 is 0 Å². The Morgan fingerprint density at radius 3 is 0.940 bits per heavy atom. The van der Waals surface area contributed by atoms with Gasteiger partial charge in [-0.25, -0.2) is 24.7 Å². The number of benzene rings is 2. The van der Waals surface area contributed by atoms with Crippen LogP contribution in [-0.4, -0.2) is 68.5 Å². The highest BCUT2D eigenvalue weighted by Gasteiger charge is 2.22. The SMILES string of the molecule is COc1cccc(-c2cc(-c3cccc(OC)n3)cc(N(C)C(=O)N(C)c3cc(-c4cccc(OC)n4)cc(-c4cccc(OC)n4)c3)c2)n1. The van der Waals surface area contributed by atoms with Gasteiger partial charge < -0.3 is 18.9 Å². The van der Waals surface area contributed by atoms with Gasteiger partial charge in [0.05, 0.1) is 51.2 Å². The van der Waals surface area contributed by atoms with Crippen molar-refractivity contribution in [2.75, 3.05) is 52.3 Å². The molecule has 252 valence electrons. The van der Waals surface area contributed by atoms with Crippen LogP contribution < -0.4 is 28.7 Å². The number of amides is 2. The van der Waals surface area contributed by atoms with Crippen molar-refractivity contribution in [2.24, 2.45) is 0 Å². The van der Waals surface area contributed by atoms with Crippen LogP contribution >= 0.6 is 0 Å². The topological polar surface area (TPSA) is 112 Å². The molecule has 11 heteroatoms. The number of methoxy groups -OCH3 is 4. The van der Waals surface area contributed by atoms with Gasteiger partial charge in [0.25, 0.3) is 0 Å². The molecular formula is C39H36N6O5. The van der Waals surface area contributed by atoms with Gasteiger partial charge in [0, 0.05) is 72.0 Å². The monoisotopic (exact) mass is 668 g/mol. The van der Waals surface area contributed by atoms with E-state index in [1.807, 2.05) is 84.9 Å². The number of nitrogens with zero attached hydrogens (tertiary/aromatic N) is 6. The van der Waals surface area contributed by atoms with Gasteiger partial charge in [-0.05, 0) is 60.7 Å². The highest BCUT2D eigenvalue weighted by Crippen LogP contribution is 2.35. The molecule has 2 aromatic carbocycles. The smallest absolute Gasteiger partial charge is 0.328 e. The highest BCUT2D eigenvalue weighted by molar-refractivity contribution is 6.04. The molecule has 0 atom stereocenters. The van der Waals surface area contributed by atoms with Crippen LogP contribution in [0.5, 0.6) is 23.5 Å². The zero-order valence-corrected chi connectivity index (χ0v) is 28.6. The molecule has 0 bridgehead atoms.